The number of hydrogen-bond acceptors (Lipinski definition) is 2. The van der Waals surface area contributed by atoms with Crippen LogP contribution in [0.25, 0.3) is 0 Å². The topological polar surface area (TPSA) is 55.1 Å². The highest BCUT2D eigenvalue weighted by molar-refractivity contribution is 5.76. The number of hydrogen-bond donors (Lipinski definition) is 2. The molecule has 0 fully saturated rings. The van der Waals surface area contributed by atoms with Gasteiger partial charge in [0.1, 0.15) is 0 Å². The van der Waals surface area contributed by atoms with Crippen molar-refractivity contribution in [3.63, 3.8) is 0 Å². The molecule has 0 radical (unpaired) electrons. The standard InChI is InChI=1S/C11H24N2O/c1-10(2,3)8-13-9(14)6-11(4,5)7-12/h6-8,12H2,1-5H3,(H,13,14). The van der Waals surface area contributed by atoms with Crippen LogP contribution < -0.4 is 11.1 Å². The lowest BCUT2D eigenvalue weighted by molar-refractivity contribution is -0.123. The summed E-state index contributed by atoms with van der Waals surface area (Å²) in [6.07, 6.45) is 0.500. The Bertz CT molecular complexity index is 192. The van der Waals surface area contributed by atoms with Crippen LogP contribution in [0, 0.1) is 10.8 Å². The number of carbonyl (C=O) groups excluding carboxylic acids is 1. The number of nitrogens with one attached hydrogen (secondary N) is 1. The molecule has 0 aromatic heterocycles. The van der Waals surface area contributed by atoms with Crippen LogP contribution in [0.5, 0.6) is 0 Å². The molecule has 0 spiro atoms. The largest absolute Gasteiger partial charge is 0.356 e. The predicted molar refractivity (Wildman–Crippen MR) is 59.9 cm³/mol. The van der Waals surface area contributed by atoms with Crippen LogP contribution in [0.1, 0.15) is 41.0 Å². The van der Waals surface area contributed by atoms with Crippen LogP contribution >= 0.6 is 0 Å². The normalized spacial score (nSPS) is 12.7. The van der Waals surface area contributed by atoms with E-state index in [9.17, 15) is 4.79 Å². The van der Waals surface area contributed by atoms with E-state index in [4.69, 9.17) is 5.73 Å². The second-order valence-corrected chi connectivity index (χ2v) is 5.88. The number of rotatable bonds is 4. The maximum Gasteiger partial charge on any atom is 0.220 e. The summed E-state index contributed by atoms with van der Waals surface area (Å²) in [6.45, 7) is 11.6. The zero-order valence-electron chi connectivity index (χ0n) is 10.1. The maximum atomic E-state index is 11.5. The molecule has 0 rings (SSSR count). The van der Waals surface area contributed by atoms with E-state index in [1.807, 2.05) is 13.8 Å². The lowest BCUT2D eigenvalue weighted by Gasteiger charge is -2.24. The third-order valence-corrected chi connectivity index (χ3v) is 2.01. The van der Waals surface area contributed by atoms with Crippen LogP contribution in [-0.2, 0) is 4.79 Å². The summed E-state index contributed by atoms with van der Waals surface area (Å²) in [5.74, 6) is 0.0929. The van der Waals surface area contributed by atoms with Crippen molar-refractivity contribution in [2.45, 2.75) is 41.0 Å². The van der Waals surface area contributed by atoms with Crippen molar-refractivity contribution in [3.05, 3.63) is 0 Å². The molecule has 3 nitrogen and oxygen atoms in total. The third kappa shape index (κ3) is 6.89. The van der Waals surface area contributed by atoms with Crippen molar-refractivity contribution >= 4 is 5.91 Å². The summed E-state index contributed by atoms with van der Waals surface area (Å²) in [7, 11) is 0. The van der Waals surface area contributed by atoms with E-state index in [1.54, 1.807) is 0 Å². The smallest absolute Gasteiger partial charge is 0.220 e. The van der Waals surface area contributed by atoms with Gasteiger partial charge >= 0.3 is 0 Å². The van der Waals surface area contributed by atoms with Crippen LogP contribution in [0.2, 0.25) is 0 Å². The Labute approximate surface area is 87.4 Å². The second kappa shape index (κ2) is 4.78. The minimum absolute atomic E-state index is 0.0929. The molecule has 0 aromatic carbocycles. The Morgan fingerprint density at radius 2 is 1.71 bits per heavy atom. The fourth-order valence-corrected chi connectivity index (χ4v) is 0.933. The molecule has 3 heteroatoms. The highest BCUT2D eigenvalue weighted by atomic mass is 16.1. The van der Waals surface area contributed by atoms with Gasteiger partial charge in [-0.3, -0.25) is 4.79 Å². The lowest BCUT2D eigenvalue weighted by Crippen LogP contribution is -2.36. The van der Waals surface area contributed by atoms with Crippen LogP contribution in [0.4, 0.5) is 0 Å². The van der Waals surface area contributed by atoms with E-state index >= 15 is 0 Å². The highest BCUT2D eigenvalue weighted by Crippen LogP contribution is 2.18. The fraction of sp³-hybridized carbons (Fsp3) is 0.909. The Morgan fingerprint density at radius 3 is 2.07 bits per heavy atom. The monoisotopic (exact) mass is 200 g/mol. The lowest BCUT2D eigenvalue weighted by atomic mass is 9.89. The molecular weight excluding hydrogens is 176 g/mol. The molecule has 0 aliphatic carbocycles. The fourth-order valence-electron chi connectivity index (χ4n) is 0.933. The summed E-state index contributed by atoms with van der Waals surface area (Å²) in [5, 5.41) is 2.92. The molecule has 0 saturated heterocycles. The van der Waals surface area contributed by atoms with Gasteiger partial charge in [0.25, 0.3) is 0 Å². The van der Waals surface area contributed by atoms with Gasteiger partial charge in [-0.15, -0.1) is 0 Å². The number of nitrogens with two attached hydrogens (primary N) is 1. The van der Waals surface area contributed by atoms with Gasteiger partial charge in [0.05, 0.1) is 0 Å². The summed E-state index contributed by atoms with van der Waals surface area (Å²) >= 11 is 0. The average molecular weight is 200 g/mol. The van der Waals surface area contributed by atoms with Crippen molar-refractivity contribution in [3.8, 4) is 0 Å². The van der Waals surface area contributed by atoms with Gasteiger partial charge in [-0.2, -0.15) is 0 Å². The zero-order chi connectivity index (χ0) is 11.4. The minimum atomic E-state index is -0.0953. The van der Waals surface area contributed by atoms with E-state index in [0.29, 0.717) is 19.5 Å². The number of carbonyl (C=O) groups is 1. The molecule has 3 N–H and O–H groups in total. The van der Waals surface area contributed by atoms with Gasteiger partial charge in [0, 0.05) is 13.0 Å². The van der Waals surface area contributed by atoms with E-state index in [2.05, 4.69) is 26.1 Å². The molecule has 0 aliphatic heterocycles. The molecular formula is C11H24N2O. The molecule has 0 bridgehead atoms. The van der Waals surface area contributed by atoms with Crippen molar-refractivity contribution in [1.29, 1.82) is 0 Å². The van der Waals surface area contributed by atoms with Crippen LogP contribution in [0.15, 0.2) is 0 Å². The molecule has 0 aromatic rings. The first kappa shape index (κ1) is 13.4. The van der Waals surface area contributed by atoms with Crippen molar-refractivity contribution in [2.75, 3.05) is 13.1 Å². The van der Waals surface area contributed by atoms with E-state index < -0.39 is 0 Å². The predicted octanol–water partition coefficient (Wildman–Crippen LogP) is 1.52. The van der Waals surface area contributed by atoms with Crippen molar-refractivity contribution in [1.82, 2.24) is 5.32 Å². The van der Waals surface area contributed by atoms with Gasteiger partial charge < -0.3 is 11.1 Å². The molecule has 0 aliphatic rings. The molecule has 0 heterocycles. The van der Waals surface area contributed by atoms with Crippen LogP contribution in [0.3, 0.4) is 0 Å². The summed E-state index contributed by atoms with van der Waals surface area (Å²) < 4.78 is 0. The summed E-state index contributed by atoms with van der Waals surface area (Å²) in [5.41, 5.74) is 5.60. The SMILES string of the molecule is CC(C)(C)CNC(=O)CC(C)(C)CN. The molecule has 0 saturated carbocycles. The zero-order valence-corrected chi connectivity index (χ0v) is 10.1. The number of amides is 1. The molecule has 0 unspecified atom stereocenters. The quantitative estimate of drug-likeness (QED) is 0.723. The average Bonchev–Trinajstić information content (AvgIpc) is 1.99. The first-order valence-electron chi connectivity index (χ1n) is 5.13. The van der Waals surface area contributed by atoms with Gasteiger partial charge in [-0.25, -0.2) is 0 Å². The van der Waals surface area contributed by atoms with Gasteiger partial charge in [-0.05, 0) is 17.4 Å². The van der Waals surface area contributed by atoms with E-state index in [0.717, 1.165) is 0 Å². The van der Waals surface area contributed by atoms with Crippen molar-refractivity contribution < 1.29 is 4.79 Å². The first-order chi connectivity index (χ1) is 6.16. The van der Waals surface area contributed by atoms with E-state index in [1.165, 1.54) is 0 Å². The van der Waals surface area contributed by atoms with Gasteiger partial charge in [0.2, 0.25) is 5.91 Å². The maximum absolute atomic E-state index is 11.5. The summed E-state index contributed by atoms with van der Waals surface area (Å²) in [6, 6.07) is 0. The minimum Gasteiger partial charge on any atom is -0.356 e. The highest BCUT2D eigenvalue weighted by Gasteiger charge is 2.21. The third-order valence-electron chi connectivity index (χ3n) is 2.01. The Balaban J connectivity index is 3.89. The molecule has 84 valence electrons. The Kier molecular flexibility index (Phi) is 4.59. The van der Waals surface area contributed by atoms with Gasteiger partial charge in [-0.1, -0.05) is 34.6 Å². The molecule has 1 amide bonds. The Hall–Kier alpha value is -0.570. The second-order valence-electron chi connectivity index (χ2n) is 5.88. The van der Waals surface area contributed by atoms with E-state index in [-0.39, 0.29) is 16.7 Å². The van der Waals surface area contributed by atoms with Gasteiger partial charge in [0.15, 0.2) is 0 Å². The summed E-state index contributed by atoms with van der Waals surface area (Å²) in [4.78, 5) is 11.5. The van der Waals surface area contributed by atoms with Crippen LogP contribution in [-0.4, -0.2) is 19.0 Å². The Morgan fingerprint density at radius 1 is 1.21 bits per heavy atom. The molecule has 0 atom stereocenters. The van der Waals surface area contributed by atoms with Crippen molar-refractivity contribution in [2.24, 2.45) is 16.6 Å². The first-order valence-corrected chi connectivity index (χ1v) is 5.13. The molecule has 14 heavy (non-hydrogen) atoms.